The molecule has 3 heterocycles. The van der Waals surface area contributed by atoms with E-state index < -0.39 is 124 Å². The fourth-order valence-electron chi connectivity index (χ4n) is 13.5. The van der Waals surface area contributed by atoms with Gasteiger partial charge in [-0.3, -0.25) is 4.79 Å². The van der Waals surface area contributed by atoms with Crippen molar-refractivity contribution >= 4 is 5.91 Å². The molecule has 0 bridgehead atoms. The summed E-state index contributed by atoms with van der Waals surface area (Å²) >= 11 is 0. The number of rotatable bonds is 63. The molecule has 3 aliphatic heterocycles. The second-order valence-corrected chi connectivity index (χ2v) is 28.5. The van der Waals surface area contributed by atoms with Crippen molar-refractivity contribution in [1.82, 2.24) is 5.32 Å². The van der Waals surface area contributed by atoms with E-state index in [1.807, 2.05) is 6.08 Å². The molecule has 17 unspecified atom stereocenters. The number of ether oxygens (including phenoxy) is 6. The molecular formula is C78H145NO18. The maximum Gasteiger partial charge on any atom is 0.220 e. The molecule has 3 aliphatic rings. The normalized spacial score (nSPS) is 27.0. The molecule has 3 saturated heterocycles. The maximum absolute atomic E-state index is 13.5. The average Bonchev–Trinajstić information content (AvgIpc) is 0.789. The van der Waals surface area contributed by atoms with Gasteiger partial charge in [0.15, 0.2) is 18.9 Å². The van der Waals surface area contributed by atoms with Crippen LogP contribution in [0.1, 0.15) is 322 Å². The molecule has 570 valence electrons. The predicted octanol–water partition coefficient (Wildman–Crippen LogP) is 12.7. The second-order valence-electron chi connectivity index (χ2n) is 28.5. The van der Waals surface area contributed by atoms with Crippen molar-refractivity contribution in [3.63, 3.8) is 0 Å². The molecule has 19 heteroatoms. The summed E-state index contributed by atoms with van der Waals surface area (Å²) in [7, 11) is 0. The minimum atomic E-state index is -1.98. The summed E-state index contributed by atoms with van der Waals surface area (Å²) in [4.78, 5) is 13.5. The van der Waals surface area contributed by atoms with E-state index in [0.717, 1.165) is 64.2 Å². The zero-order valence-electron chi connectivity index (χ0n) is 60.8. The summed E-state index contributed by atoms with van der Waals surface area (Å²) in [5.74, 6) is -0.276. The van der Waals surface area contributed by atoms with E-state index in [2.05, 4.69) is 43.5 Å². The van der Waals surface area contributed by atoms with Gasteiger partial charge in [-0.2, -0.15) is 0 Å². The Kier molecular flexibility index (Phi) is 54.6. The van der Waals surface area contributed by atoms with Crippen LogP contribution in [-0.2, 0) is 33.2 Å². The smallest absolute Gasteiger partial charge is 0.220 e. The summed E-state index contributed by atoms with van der Waals surface area (Å²) in [6, 6.07) is -0.977. The molecule has 97 heavy (non-hydrogen) atoms. The molecule has 0 spiro atoms. The van der Waals surface area contributed by atoms with E-state index >= 15 is 0 Å². The van der Waals surface area contributed by atoms with Crippen molar-refractivity contribution in [2.45, 2.75) is 426 Å². The predicted molar refractivity (Wildman–Crippen MR) is 383 cm³/mol. The number of aliphatic hydroxyl groups is 11. The lowest BCUT2D eigenvalue weighted by atomic mass is 9.96. The number of hydrogen-bond acceptors (Lipinski definition) is 18. The van der Waals surface area contributed by atoms with Crippen molar-refractivity contribution in [3.8, 4) is 0 Å². The molecule has 3 fully saturated rings. The molecule has 0 aliphatic carbocycles. The van der Waals surface area contributed by atoms with Gasteiger partial charge in [0, 0.05) is 6.42 Å². The molecular weight excluding hydrogens is 1240 g/mol. The number of carbonyl (C=O) groups is 1. The van der Waals surface area contributed by atoms with E-state index in [4.69, 9.17) is 28.4 Å². The van der Waals surface area contributed by atoms with Crippen LogP contribution in [0.4, 0.5) is 0 Å². The van der Waals surface area contributed by atoms with E-state index in [1.165, 1.54) is 231 Å². The molecule has 3 rings (SSSR count). The first-order valence-corrected chi connectivity index (χ1v) is 39.7. The van der Waals surface area contributed by atoms with E-state index in [-0.39, 0.29) is 18.9 Å². The molecule has 0 aromatic rings. The average molecular weight is 1390 g/mol. The number of allylic oxidation sites excluding steroid dienone is 5. The molecule has 12 N–H and O–H groups in total. The van der Waals surface area contributed by atoms with Crippen LogP contribution in [0.5, 0.6) is 0 Å². The third-order valence-corrected chi connectivity index (χ3v) is 19.9. The number of nitrogens with one attached hydrogen (secondary N) is 1. The largest absolute Gasteiger partial charge is 0.394 e. The van der Waals surface area contributed by atoms with E-state index in [0.29, 0.717) is 6.42 Å². The highest BCUT2D eigenvalue weighted by atomic mass is 16.8. The third-order valence-electron chi connectivity index (χ3n) is 19.9. The van der Waals surface area contributed by atoms with Gasteiger partial charge in [0.2, 0.25) is 5.91 Å². The molecule has 0 aromatic carbocycles. The van der Waals surface area contributed by atoms with Crippen LogP contribution in [0.15, 0.2) is 36.5 Å². The second kappa shape index (κ2) is 59.4. The Balaban J connectivity index is 1.38. The topological polar surface area (TPSA) is 307 Å². The number of unbranched alkanes of at least 4 members (excludes halogenated alkanes) is 43. The molecule has 17 atom stereocenters. The zero-order valence-corrected chi connectivity index (χ0v) is 60.8. The quantitative estimate of drug-likeness (QED) is 0.0199. The minimum Gasteiger partial charge on any atom is -0.394 e. The highest BCUT2D eigenvalue weighted by molar-refractivity contribution is 5.76. The van der Waals surface area contributed by atoms with Gasteiger partial charge in [-0.15, -0.1) is 0 Å². The van der Waals surface area contributed by atoms with Crippen molar-refractivity contribution in [1.29, 1.82) is 0 Å². The lowest BCUT2D eigenvalue weighted by Crippen LogP contribution is -2.66. The number of hydrogen-bond donors (Lipinski definition) is 12. The summed E-state index contributed by atoms with van der Waals surface area (Å²) in [6.45, 7) is 1.77. The number of amides is 1. The number of carbonyl (C=O) groups excluding carboxylic acids is 1. The Labute approximate surface area is 587 Å². The van der Waals surface area contributed by atoms with Crippen molar-refractivity contribution in [2.75, 3.05) is 26.4 Å². The van der Waals surface area contributed by atoms with Crippen LogP contribution in [0, 0.1) is 0 Å². The molecule has 0 radical (unpaired) electrons. The molecule has 19 nitrogen and oxygen atoms in total. The fourth-order valence-corrected chi connectivity index (χ4v) is 13.5. The Hall–Kier alpha value is -1.99. The van der Waals surface area contributed by atoms with Gasteiger partial charge in [-0.1, -0.05) is 301 Å². The van der Waals surface area contributed by atoms with Gasteiger partial charge in [-0.05, 0) is 51.4 Å². The van der Waals surface area contributed by atoms with Gasteiger partial charge in [0.1, 0.15) is 73.2 Å². The Morgan fingerprint density at radius 3 is 1.05 bits per heavy atom. The minimum absolute atomic E-state index is 0.239. The van der Waals surface area contributed by atoms with Crippen LogP contribution in [0.25, 0.3) is 0 Å². The lowest BCUT2D eigenvalue weighted by molar-refractivity contribution is -0.379. The first kappa shape index (κ1) is 89.2. The van der Waals surface area contributed by atoms with Crippen molar-refractivity contribution in [3.05, 3.63) is 36.5 Å². The highest BCUT2D eigenvalue weighted by Gasteiger charge is 2.53. The SMILES string of the molecule is CCCCCCC/C=C\C/C=C\CCCCCCCCCCCC(=O)NC(COC1OC(CO)C(OC2OC(CO)C(OC3OC(CO)C(O)C(O)C3O)C(O)C2O)C(O)C1O)C(O)/C=C/CCCCCCCCCCCCCCCCCCCCCCCCCCCCCCC. The maximum atomic E-state index is 13.5. The van der Waals surface area contributed by atoms with Crippen LogP contribution in [-0.4, -0.2) is 193 Å². The Morgan fingerprint density at radius 1 is 0.371 bits per heavy atom. The van der Waals surface area contributed by atoms with Gasteiger partial charge in [0.25, 0.3) is 0 Å². The van der Waals surface area contributed by atoms with Crippen LogP contribution >= 0.6 is 0 Å². The summed E-state index contributed by atoms with van der Waals surface area (Å²) in [6.07, 6.45) is 45.6. The van der Waals surface area contributed by atoms with E-state index in [9.17, 15) is 61.0 Å². The first-order chi connectivity index (χ1) is 47.3. The monoisotopic (exact) mass is 1380 g/mol. The summed E-state index contributed by atoms with van der Waals surface area (Å²) in [5, 5.41) is 121. The van der Waals surface area contributed by atoms with Crippen molar-refractivity contribution in [2.24, 2.45) is 0 Å². The Bertz CT molecular complexity index is 1900. The molecule has 0 saturated carbocycles. The first-order valence-electron chi connectivity index (χ1n) is 39.7. The zero-order chi connectivity index (χ0) is 70.4. The lowest BCUT2D eigenvalue weighted by Gasteiger charge is -2.48. The fraction of sp³-hybridized carbons (Fsp3) is 0.910. The van der Waals surface area contributed by atoms with Crippen LogP contribution in [0.3, 0.4) is 0 Å². The van der Waals surface area contributed by atoms with E-state index in [1.54, 1.807) is 6.08 Å². The van der Waals surface area contributed by atoms with Gasteiger partial charge >= 0.3 is 0 Å². The Morgan fingerprint density at radius 2 is 0.680 bits per heavy atom. The molecule has 0 aromatic heterocycles. The standard InChI is InChI=1S/C78H145NO18/c1-3-5-7-9-11-13-15-17-19-21-23-25-26-27-28-29-30-31-32-33-34-36-37-39-41-43-45-47-49-51-53-55-62(83)61(79-66(84)56-54-52-50-48-46-44-42-40-38-35-24-22-20-18-16-14-12-10-8-6-4-2)60-92-76-72(90)69(87)74(64(58-81)94-76)97-78-73(91)70(88)75(65(59-82)95-78)96-77-71(89)68(86)67(85)63(57-80)93-77/h16,18,22,24,53,55,61-65,67-78,80-83,85-91H,3-15,17,19-21,23,25-52,54,56-60H2,1-2H3,(H,79,84)/b18-16-,24-22-,55-53+. The van der Waals surface area contributed by atoms with Crippen LogP contribution in [0.2, 0.25) is 0 Å². The van der Waals surface area contributed by atoms with Gasteiger partial charge < -0.3 is 89.9 Å². The number of aliphatic hydroxyl groups excluding tert-OH is 11. The third kappa shape index (κ3) is 40.0. The summed E-state index contributed by atoms with van der Waals surface area (Å²) in [5.41, 5.74) is 0. The van der Waals surface area contributed by atoms with Crippen LogP contribution < -0.4 is 5.32 Å². The summed E-state index contributed by atoms with van der Waals surface area (Å²) < 4.78 is 34.4. The highest BCUT2D eigenvalue weighted by Crippen LogP contribution is 2.33. The van der Waals surface area contributed by atoms with Crippen molar-refractivity contribution < 1.29 is 89.4 Å². The molecule has 1 amide bonds. The van der Waals surface area contributed by atoms with Gasteiger partial charge in [-0.25, -0.2) is 0 Å². The van der Waals surface area contributed by atoms with Gasteiger partial charge in [0.05, 0.1) is 38.6 Å².